The van der Waals surface area contributed by atoms with Crippen LogP contribution in [0.1, 0.15) is 24.4 Å². The Kier molecular flexibility index (Phi) is 7.97. The van der Waals surface area contributed by atoms with E-state index in [0.29, 0.717) is 31.3 Å². The number of halogens is 1. The highest BCUT2D eigenvalue weighted by Gasteiger charge is 2.13. The number of alkyl halides is 1. The molecule has 0 saturated carbocycles. The maximum Gasteiger partial charge on any atom is 0.251 e. The summed E-state index contributed by atoms with van der Waals surface area (Å²) in [5, 5.41) is 2.61. The van der Waals surface area contributed by atoms with Gasteiger partial charge in [-0.3, -0.25) is 4.79 Å². The van der Waals surface area contributed by atoms with E-state index in [4.69, 9.17) is 15.2 Å². The Labute approximate surface area is 157 Å². The summed E-state index contributed by atoms with van der Waals surface area (Å²) >= 11 is 0. The summed E-state index contributed by atoms with van der Waals surface area (Å²) in [6, 6.07) is 5.20. The van der Waals surface area contributed by atoms with Crippen LogP contribution in [0.15, 0.2) is 30.5 Å². The molecular formula is C19H25FN4O3. The van der Waals surface area contributed by atoms with E-state index in [0.717, 1.165) is 16.8 Å². The van der Waals surface area contributed by atoms with Crippen molar-refractivity contribution in [3.63, 3.8) is 0 Å². The molecule has 4 N–H and O–H groups in total. The number of imidazole rings is 1. The van der Waals surface area contributed by atoms with Gasteiger partial charge in [-0.2, -0.15) is 0 Å². The molecule has 0 radical (unpaired) electrons. The van der Waals surface area contributed by atoms with Crippen LogP contribution in [-0.2, 0) is 9.53 Å². The number of benzene rings is 1. The van der Waals surface area contributed by atoms with Crippen molar-refractivity contribution in [3.05, 3.63) is 41.9 Å². The van der Waals surface area contributed by atoms with Gasteiger partial charge in [0.2, 0.25) is 0 Å². The van der Waals surface area contributed by atoms with E-state index in [1.807, 2.05) is 18.2 Å². The first-order valence-electron chi connectivity index (χ1n) is 8.61. The first-order chi connectivity index (χ1) is 13.1. The van der Waals surface area contributed by atoms with Crippen molar-refractivity contribution in [1.29, 1.82) is 0 Å². The van der Waals surface area contributed by atoms with Crippen LogP contribution in [0.5, 0.6) is 5.75 Å². The Morgan fingerprint density at radius 2 is 2.22 bits per heavy atom. The van der Waals surface area contributed by atoms with Gasteiger partial charge in [0, 0.05) is 19.2 Å². The molecular weight excluding hydrogens is 351 g/mol. The topological polar surface area (TPSA) is 102 Å². The van der Waals surface area contributed by atoms with Crippen molar-refractivity contribution in [3.8, 4) is 17.0 Å². The van der Waals surface area contributed by atoms with E-state index in [2.05, 4.69) is 15.3 Å². The fraction of sp³-hybridized carbons (Fsp3) is 0.368. The lowest BCUT2D eigenvalue weighted by Crippen LogP contribution is -2.27. The Bertz CT molecular complexity index is 776. The standard InChI is InChI=1S/C19H25FN4O3/c1-13(23-19(25)11-20)14-8-15(10-16(9-14)27-7-6-26-2)17-12-22-18(24-17)4-3-5-21/h3-4,8-10,12-13H,5-7,11,21H2,1-2H3,(H,22,24)(H,23,25)/b4-3-. The third-order valence-corrected chi connectivity index (χ3v) is 3.80. The highest BCUT2D eigenvalue weighted by molar-refractivity contribution is 5.77. The Hall–Kier alpha value is -2.71. The number of aromatic amines is 1. The number of amides is 1. The van der Waals surface area contributed by atoms with Crippen LogP contribution in [0.4, 0.5) is 4.39 Å². The van der Waals surface area contributed by atoms with Gasteiger partial charge in [0.15, 0.2) is 6.67 Å². The van der Waals surface area contributed by atoms with Gasteiger partial charge in [0.05, 0.1) is 24.5 Å². The van der Waals surface area contributed by atoms with Gasteiger partial charge in [0.1, 0.15) is 18.2 Å². The van der Waals surface area contributed by atoms with Gasteiger partial charge in [-0.15, -0.1) is 0 Å². The van der Waals surface area contributed by atoms with Crippen LogP contribution in [0.3, 0.4) is 0 Å². The van der Waals surface area contributed by atoms with Crippen LogP contribution in [-0.4, -0.2) is 49.4 Å². The quantitative estimate of drug-likeness (QED) is 0.552. The van der Waals surface area contributed by atoms with E-state index >= 15 is 0 Å². The summed E-state index contributed by atoms with van der Waals surface area (Å²) < 4.78 is 23.2. The first kappa shape index (κ1) is 20.6. The molecule has 0 aliphatic carbocycles. The lowest BCUT2D eigenvalue weighted by molar-refractivity contribution is -0.122. The smallest absolute Gasteiger partial charge is 0.251 e. The number of ether oxygens (including phenoxy) is 2. The number of hydrogen-bond acceptors (Lipinski definition) is 5. The molecule has 1 atom stereocenters. The number of nitrogens with one attached hydrogen (secondary N) is 2. The van der Waals surface area contributed by atoms with Gasteiger partial charge in [-0.25, -0.2) is 9.37 Å². The molecule has 1 amide bonds. The van der Waals surface area contributed by atoms with Crippen LogP contribution in [0.25, 0.3) is 17.3 Å². The molecule has 1 aromatic heterocycles. The summed E-state index contributed by atoms with van der Waals surface area (Å²) in [4.78, 5) is 18.9. The Morgan fingerprint density at radius 3 is 2.93 bits per heavy atom. The van der Waals surface area contributed by atoms with E-state index in [9.17, 15) is 9.18 Å². The van der Waals surface area contributed by atoms with Gasteiger partial charge < -0.3 is 25.5 Å². The number of carbonyl (C=O) groups excluding carboxylic acids is 1. The van der Waals surface area contributed by atoms with Crippen LogP contribution in [0.2, 0.25) is 0 Å². The highest BCUT2D eigenvalue weighted by Crippen LogP contribution is 2.28. The molecule has 7 nitrogen and oxygen atoms in total. The summed E-state index contributed by atoms with van der Waals surface area (Å²) in [6.45, 7) is 1.99. The monoisotopic (exact) mass is 376 g/mol. The van der Waals surface area contributed by atoms with Crippen molar-refractivity contribution >= 4 is 12.0 Å². The van der Waals surface area contributed by atoms with Crippen LogP contribution in [0, 0.1) is 0 Å². The van der Waals surface area contributed by atoms with E-state index in [1.165, 1.54) is 0 Å². The second kappa shape index (κ2) is 10.4. The normalized spacial score (nSPS) is 12.3. The highest BCUT2D eigenvalue weighted by atomic mass is 19.1. The average Bonchev–Trinajstić information content (AvgIpc) is 3.15. The zero-order chi connectivity index (χ0) is 19.6. The third kappa shape index (κ3) is 6.19. The number of hydrogen-bond donors (Lipinski definition) is 3. The number of aromatic nitrogens is 2. The van der Waals surface area contributed by atoms with Crippen LogP contribution >= 0.6 is 0 Å². The molecule has 2 rings (SSSR count). The van der Waals surface area contributed by atoms with Crippen LogP contribution < -0.4 is 15.8 Å². The summed E-state index contributed by atoms with van der Waals surface area (Å²) in [5.74, 6) is 0.640. The number of nitrogens with zero attached hydrogens (tertiary/aromatic N) is 1. The summed E-state index contributed by atoms with van der Waals surface area (Å²) in [5.41, 5.74) is 7.87. The minimum absolute atomic E-state index is 0.377. The minimum atomic E-state index is -1.06. The molecule has 1 aromatic carbocycles. The SMILES string of the molecule is COCCOc1cc(-c2cnc(/C=C\CN)[nH]2)cc(C(C)NC(=O)CF)c1. The number of methoxy groups -OCH3 is 1. The fourth-order valence-electron chi connectivity index (χ4n) is 2.46. The maximum atomic E-state index is 12.5. The molecule has 8 heteroatoms. The number of nitrogens with two attached hydrogens (primary N) is 1. The molecule has 2 aromatic rings. The molecule has 0 aliphatic heterocycles. The second-order valence-corrected chi connectivity index (χ2v) is 5.88. The molecule has 146 valence electrons. The van der Waals surface area contributed by atoms with Gasteiger partial charge in [-0.1, -0.05) is 6.08 Å². The number of carbonyl (C=O) groups is 1. The molecule has 27 heavy (non-hydrogen) atoms. The van der Waals surface area contributed by atoms with Gasteiger partial charge >= 0.3 is 0 Å². The van der Waals surface area contributed by atoms with Crippen molar-refractivity contribution in [2.75, 3.05) is 33.5 Å². The lowest BCUT2D eigenvalue weighted by atomic mass is 10.0. The van der Waals surface area contributed by atoms with Crippen molar-refractivity contribution in [1.82, 2.24) is 15.3 Å². The maximum absolute atomic E-state index is 12.5. The molecule has 1 unspecified atom stereocenters. The average molecular weight is 376 g/mol. The molecule has 1 heterocycles. The molecule has 0 fully saturated rings. The molecule has 0 saturated heterocycles. The van der Waals surface area contributed by atoms with E-state index in [-0.39, 0.29) is 6.04 Å². The zero-order valence-electron chi connectivity index (χ0n) is 15.5. The lowest BCUT2D eigenvalue weighted by Gasteiger charge is -2.16. The first-order valence-corrected chi connectivity index (χ1v) is 8.61. The number of rotatable bonds is 10. The Morgan fingerprint density at radius 1 is 1.41 bits per heavy atom. The molecule has 0 bridgehead atoms. The summed E-state index contributed by atoms with van der Waals surface area (Å²) in [7, 11) is 1.60. The predicted octanol–water partition coefficient (Wildman–Crippen LogP) is 2.22. The van der Waals surface area contributed by atoms with Crippen molar-refractivity contribution < 1.29 is 18.7 Å². The van der Waals surface area contributed by atoms with Gasteiger partial charge in [0.25, 0.3) is 5.91 Å². The summed E-state index contributed by atoms with van der Waals surface area (Å²) in [6.07, 6.45) is 5.30. The molecule has 0 spiro atoms. The van der Waals surface area contributed by atoms with Crippen molar-refractivity contribution in [2.24, 2.45) is 5.73 Å². The second-order valence-electron chi connectivity index (χ2n) is 5.88. The van der Waals surface area contributed by atoms with E-state index in [1.54, 1.807) is 32.4 Å². The largest absolute Gasteiger partial charge is 0.491 e. The zero-order valence-corrected chi connectivity index (χ0v) is 15.5. The fourth-order valence-corrected chi connectivity index (χ4v) is 2.46. The number of H-pyrrole nitrogens is 1. The minimum Gasteiger partial charge on any atom is -0.491 e. The molecule has 0 aliphatic rings. The van der Waals surface area contributed by atoms with Crippen molar-refractivity contribution in [2.45, 2.75) is 13.0 Å². The van der Waals surface area contributed by atoms with E-state index < -0.39 is 12.6 Å². The Balaban J connectivity index is 2.32. The predicted molar refractivity (Wildman–Crippen MR) is 102 cm³/mol. The van der Waals surface area contributed by atoms with Gasteiger partial charge in [-0.05, 0) is 36.8 Å². The third-order valence-electron chi connectivity index (χ3n) is 3.80.